The van der Waals surface area contributed by atoms with E-state index in [1.165, 1.54) is 6.07 Å². The highest BCUT2D eigenvalue weighted by Crippen LogP contribution is 2.29. The molecule has 106 valence electrons. The van der Waals surface area contributed by atoms with E-state index in [0.717, 1.165) is 5.56 Å². The molecule has 0 atom stereocenters. The molecule has 2 aromatic rings. The van der Waals surface area contributed by atoms with Crippen LogP contribution >= 0.6 is 11.8 Å². The van der Waals surface area contributed by atoms with Gasteiger partial charge >= 0.3 is 0 Å². The Kier molecular flexibility index (Phi) is 5.09. The molecule has 0 saturated carbocycles. The van der Waals surface area contributed by atoms with E-state index in [2.05, 4.69) is 5.32 Å². The third-order valence-electron chi connectivity index (χ3n) is 2.80. The maximum Gasteiger partial charge on any atom is 0.288 e. The first-order valence-corrected chi connectivity index (χ1v) is 6.96. The van der Waals surface area contributed by atoms with E-state index >= 15 is 0 Å². The minimum absolute atomic E-state index is 0.313. The number of thioether (sulfide) groups is 1. The predicted octanol–water partition coefficient (Wildman–Crippen LogP) is 4.53. The Hall–Kier alpha value is -1.46. The topological polar surface area (TPSA) is 12.0 Å². The van der Waals surface area contributed by atoms with Gasteiger partial charge in [0.15, 0.2) is 0 Å². The highest BCUT2D eigenvalue weighted by molar-refractivity contribution is 7.99. The largest absolute Gasteiger partial charge is 0.316 e. The van der Waals surface area contributed by atoms with Gasteiger partial charge in [0.25, 0.3) is 5.76 Å². The summed E-state index contributed by atoms with van der Waals surface area (Å²) in [5.74, 6) is -2.76. The van der Waals surface area contributed by atoms with Gasteiger partial charge in [0.05, 0.1) is 0 Å². The molecule has 0 radical (unpaired) electrons. The number of hydrogen-bond donors (Lipinski definition) is 1. The van der Waals surface area contributed by atoms with Gasteiger partial charge in [-0.2, -0.15) is 8.78 Å². The number of hydrogen-bond acceptors (Lipinski definition) is 2. The van der Waals surface area contributed by atoms with E-state index in [9.17, 15) is 13.2 Å². The van der Waals surface area contributed by atoms with Crippen molar-refractivity contribution in [3.05, 3.63) is 53.8 Å². The molecule has 20 heavy (non-hydrogen) atoms. The van der Waals surface area contributed by atoms with E-state index in [4.69, 9.17) is 0 Å². The van der Waals surface area contributed by atoms with Crippen LogP contribution in [0.15, 0.2) is 47.4 Å². The molecule has 0 bridgehead atoms. The highest BCUT2D eigenvalue weighted by Gasteiger charge is 2.08. The van der Waals surface area contributed by atoms with Gasteiger partial charge in [-0.15, -0.1) is 0 Å². The number of nitrogens with one attached hydrogen (secondary N) is 1. The lowest BCUT2D eigenvalue weighted by Crippen LogP contribution is -2.05. The lowest BCUT2D eigenvalue weighted by atomic mass is 10.0. The fourth-order valence-corrected chi connectivity index (χ4v) is 2.42. The van der Waals surface area contributed by atoms with E-state index in [-0.39, 0.29) is 5.82 Å². The Bertz CT molecular complexity index is 570. The van der Waals surface area contributed by atoms with Crippen molar-refractivity contribution in [3.63, 3.8) is 0 Å². The second-order valence-corrected chi connectivity index (χ2v) is 5.31. The standard InChI is InChI=1S/C15H14F3NS/c1-19-9-10-2-7-13(14(16)8-10)11-3-5-12(6-4-11)20-15(17)18/h2-8,15,19H,9H2,1H3. The molecule has 0 spiro atoms. The van der Waals surface area contributed by atoms with Crippen LogP contribution in [0.25, 0.3) is 11.1 Å². The molecule has 0 amide bonds. The third-order valence-corrected chi connectivity index (χ3v) is 3.53. The molecule has 0 fully saturated rings. The SMILES string of the molecule is CNCc1ccc(-c2ccc(SC(F)F)cc2)c(F)c1. The second kappa shape index (κ2) is 6.81. The summed E-state index contributed by atoms with van der Waals surface area (Å²) in [4.78, 5) is 0.468. The van der Waals surface area contributed by atoms with E-state index < -0.39 is 5.76 Å². The molecule has 2 rings (SSSR count). The van der Waals surface area contributed by atoms with Crippen LogP contribution in [0, 0.1) is 5.82 Å². The Morgan fingerprint density at radius 2 is 1.80 bits per heavy atom. The summed E-state index contributed by atoms with van der Waals surface area (Å²) in [5, 5.41) is 2.96. The van der Waals surface area contributed by atoms with Crippen LogP contribution in [-0.4, -0.2) is 12.8 Å². The zero-order valence-electron chi connectivity index (χ0n) is 10.9. The molecular weight excluding hydrogens is 283 g/mol. The smallest absolute Gasteiger partial charge is 0.288 e. The van der Waals surface area contributed by atoms with Gasteiger partial charge in [-0.1, -0.05) is 36.0 Å². The molecule has 0 aliphatic heterocycles. The van der Waals surface area contributed by atoms with E-state index in [0.29, 0.717) is 34.3 Å². The summed E-state index contributed by atoms with van der Waals surface area (Å²) in [6.45, 7) is 0.598. The Morgan fingerprint density at radius 3 is 2.35 bits per heavy atom. The maximum absolute atomic E-state index is 14.0. The summed E-state index contributed by atoms with van der Waals surface area (Å²) in [5.41, 5.74) is 2.01. The van der Waals surface area contributed by atoms with Crippen LogP contribution in [0.4, 0.5) is 13.2 Å². The number of rotatable bonds is 5. The number of halogens is 3. The van der Waals surface area contributed by atoms with Crippen LogP contribution < -0.4 is 5.32 Å². The van der Waals surface area contributed by atoms with E-state index in [1.807, 2.05) is 6.07 Å². The fourth-order valence-electron chi connectivity index (χ4n) is 1.92. The average molecular weight is 297 g/mol. The molecule has 2 aromatic carbocycles. The van der Waals surface area contributed by atoms with Gasteiger partial charge in [-0.3, -0.25) is 0 Å². The van der Waals surface area contributed by atoms with Crippen molar-refractivity contribution in [3.8, 4) is 11.1 Å². The van der Waals surface area contributed by atoms with Gasteiger partial charge < -0.3 is 5.32 Å². The van der Waals surface area contributed by atoms with Gasteiger partial charge in [-0.25, -0.2) is 4.39 Å². The third kappa shape index (κ3) is 3.77. The van der Waals surface area contributed by atoms with Gasteiger partial charge in [0.2, 0.25) is 0 Å². The molecular formula is C15H14F3NS. The molecule has 1 N–H and O–H groups in total. The molecule has 0 saturated heterocycles. The van der Waals surface area contributed by atoms with Crippen molar-refractivity contribution in [2.24, 2.45) is 0 Å². The van der Waals surface area contributed by atoms with Crippen LogP contribution in [0.1, 0.15) is 5.56 Å². The van der Waals surface area contributed by atoms with Crippen molar-refractivity contribution in [1.29, 1.82) is 0 Å². The highest BCUT2D eigenvalue weighted by atomic mass is 32.2. The van der Waals surface area contributed by atoms with Crippen molar-refractivity contribution in [2.75, 3.05) is 7.05 Å². The minimum atomic E-state index is -2.45. The summed E-state index contributed by atoms with van der Waals surface area (Å²) in [7, 11) is 1.80. The summed E-state index contributed by atoms with van der Waals surface area (Å²) in [6, 6.07) is 11.5. The zero-order chi connectivity index (χ0) is 14.5. The fraction of sp³-hybridized carbons (Fsp3) is 0.200. The Balaban J connectivity index is 2.23. The monoisotopic (exact) mass is 297 g/mol. The molecule has 0 unspecified atom stereocenters. The first-order chi connectivity index (χ1) is 9.60. The summed E-state index contributed by atoms with van der Waals surface area (Å²) >= 11 is 0.480. The van der Waals surface area contributed by atoms with Crippen LogP contribution in [0.2, 0.25) is 0 Å². The average Bonchev–Trinajstić information content (AvgIpc) is 2.40. The minimum Gasteiger partial charge on any atom is -0.316 e. The van der Waals surface area contributed by atoms with Crippen molar-refractivity contribution < 1.29 is 13.2 Å². The molecule has 0 heterocycles. The van der Waals surface area contributed by atoms with Crippen molar-refractivity contribution in [1.82, 2.24) is 5.32 Å². The van der Waals surface area contributed by atoms with Crippen molar-refractivity contribution in [2.45, 2.75) is 17.2 Å². The number of alkyl halides is 2. The molecule has 0 aliphatic rings. The van der Waals surface area contributed by atoms with Crippen molar-refractivity contribution >= 4 is 11.8 Å². The van der Waals surface area contributed by atoms with Crippen LogP contribution in [-0.2, 0) is 6.54 Å². The van der Waals surface area contributed by atoms with Crippen LogP contribution in [0.3, 0.4) is 0 Å². The van der Waals surface area contributed by atoms with Gasteiger partial charge in [0.1, 0.15) is 5.82 Å². The van der Waals surface area contributed by atoms with Gasteiger partial charge in [0, 0.05) is 17.0 Å². The lowest BCUT2D eigenvalue weighted by molar-refractivity contribution is 0.252. The molecule has 5 heteroatoms. The first kappa shape index (κ1) is 14.9. The summed E-state index contributed by atoms with van der Waals surface area (Å²) in [6.07, 6.45) is 0. The van der Waals surface area contributed by atoms with Crippen LogP contribution in [0.5, 0.6) is 0 Å². The Labute approximate surface area is 120 Å². The van der Waals surface area contributed by atoms with E-state index in [1.54, 1.807) is 37.4 Å². The summed E-state index contributed by atoms with van der Waals surface area (Å²) < 4.78 is 38.5. The first-order valence-electron chi connectivity index (χ1n) is 6.08. The van der Waals surface area contributed by atoms with Gasteiger partial charge in [-0.05, 0) is 36.4 Å². The molecule has 0 aromatic heterocycles. The Morgan fingerprint density at radius 1 is 1.10 bits per heavy atom. The molecule has 1 nitrogen and oxygen atoms in total. The normalized spacial score (nSPS) is 11.1. The second-order valence-electron chi connectivity index (χ2n) is 4.25. The quantitative estimate of drug-likeness (QED) is 0.814. The predicted molar refractivity (Wildman–Crippen MR) is 76.5 cm³/mol. The lowest BCUT2D eigenvalue weighted by Gasteiger charge is -2.07. The maximum atomic E-state index is 14.0. The molecule has 0 aliphatic carbocycles. The zero-order valence-corrected chi connectivity index (χ0v) is 11.7. The number of benzene rings is 2.